The van der Waals surface area contributed by atoms with Crippen molar-refractivity contribution in [3.05, 3.63) is 54.3 Å². The highest BCUT2D eigenvalue weighted by atomic mass is 19.1. The zero-order valence-corrected chi connectivity index (χ0v) is 14.0. The van der Waals surface area contributed by atoms with E-state index in [0.29, 0.717) is 31.1 Å². The molecule has 1 amide bonds. The predicted molar refractivity (Wildman–Crippen MR) is 95.2 cm³/mol. The summed E-state index contributed by atoms with van der Waals surface area (Å²) in [6.45, 7) is 3.08. The second kappa shape index (κ2) is 7.79. The first-order valence-electron chi connectivity index (χ1n) is 8.31. The molecule has 0 aliphatic rings. The number of anilines is 1. The summed E-state index contributed by atoms with van der Waals surface area (Å²) in [5, 5.41) is 2.86. The van der Waals surface area contributed by atoms with Crippen LogP contribution in [0.1, 0.15) is 19.8 Å². The van der Waals surface area contributed by atoms with Crippen LogP contribution in [-0.4, -0.2) is 22.1 Å². The molecule has 0 saturated heterocycles. The van der Waals surface area contributed by atoms with Gasteiger partial charge in [-0.25, -0.2) is 9.37 Å². The molecule has 3 aromatic rings. The first-order chi connectivity index (χ1) is 12.2. The van der Waals surface area contributed by atoms with Crippen molar-refractivity contribution in [2.45, 2.75) is 26.3 Å². The quantitative estimate of drug-likeness (QED) is 0.661. The summed E-state index contributed by atoms with van der Waals surface area (Å²) in [4.78, 5) is 16.6. The number of fused-ring (bicyclic) bond motifs is 1. The van der Waals surface area contributed by atoms with Gasteiger partial charge in [-0.1, -0.05) is 18.2 Å². The summed E-state index contributed by atoms with van der Waals surface area (Å²) in [7, 11) is 0. The minimum Gasteiger partial charge on any atom is -0.493 e. The Kier molecular flexibility index (Phi) is 5.28. The molecule has 6 heteroatoms. The minimum absolute atomic E-state index is 0.118. The topological polar surface area (TPSA) is 56.2 Å². The van der Waals surface area contributed by atoms with Crippen LogP contribution in [0.5, 0.6) is 5.75 Å². The van der Waals surface area contributed by atoms with Gasteiger partial charge < -0.3 is 9.30 Å². The maximum atomic E-state index is 13.1. The van der Waals surface area contributed by atoms with E-state index < -0.39 is 0 Å². The van der Waals surface area contributed by atoms with Gasteiger partial charge in [-0.15, -0.1) is 0 Å². The van der Waals surface area contributed by atoms with E-state index in [0.717, 1.165) is 17.6 Å². The number of para-hydroxylation sites is 2. The monoisotopic (exact) mass is 341 g/mol. The van der Waals surface area contributed by atoms with Crippen molar-refractivity contribution < 1.29 is 13.9 Å². The van der Waals surface area contributed by atoms with Gasteiger partial charge in [0.1, 0.15) is 11.6 Å². The lowest BCUT2D eigenvalue weighted by molar-refractivity contribution is -0.116. The Morgan fingerprint density at radius 1 is 1.24 bits per heavy atom. The van der Waals surface area contributed by atoms with Crippen molar-refractivity contribution >= 4 is 22.9 Å². The zero-order chi connectivity index (χ0) is 17.6. The maximum absolute atomic E-state index is 13.1. The second-order valence-electron chi connectivity index (χ2n) is 5.63. The average Bonchev–Trinajstić information content (AvgIpc) is 2.95. The van der Waals surface area contributed by atoms with Crippen LogP contribution in [-0.2, 0) is 11.3 Å². The molecule has 0 radical (unpaired) electrons. The fourth-order valence-electron chi connectivity index (χ4n) is 2.66. The number of benzene rings is 2. The van der Waals surface area contributed by atoms with E-state index in [4.69, 9.17) is 4.74 Å². The number of carbonyl (C=O) groups is 1. The molecule has 0 unspecified atom stereocenters. The number of nitrogens with one attached hydrogen (secondary N) is 1. The van der Waals surface area contributed by atoms with E-state index in [1.165, 1.54) is 12.1 Å². The maximum Gasteiger partial charge on any atom is 0.226 e. The Morgan fingerprint density at radius 2 is 2.08 bits per heavy atom. The van der Waals surface area contributed by atoms with Gasteiger partial charge in [0.2, 0.25) is 11.9 Å². The van der Waals surface area contributed by atoms with Gasteiger partial charge in [-0.2, -0.15) is 0 Å². The smallest absolute Gasteiger partial charge is 0.226 e. The lowest BCUT2D eigenvalue weighted by atomic mass is 10.3. The number of amides is 1. The third kappa shape index (κ3) is 4.15. The minimum atomic E-state index is -0.339. The fraction of sp³-hybridized carbons (Fsp3) is 0.263. The molecular formula is C19H20FN3O2. The van der Waals surface area contributed by atoms with E-state index in [9.17, 15) is 9.18 Å². The molecule has 0 bridgehead atoms. The molecule has 1 aromatic heterocycles. The summed E-state index contributed by atoms with van der Waals surface area (Å²) in [5.74, 6) is 0.564. The van der Waals surface area contributed by atoms with Gasteiger partial charge in [-0.05, 0) is 37.6 Å². The number of ether oxygens (including phenoxy) is 1. The molecule has 1 N–H and O–H groups in total. The lowest BCUT2D eigenvalue weighted by Gasteiger charge is -2.08. The van der Waals surface area contributed by atoms with E-state index in [-0.39, 0.29) is 11.7 Å². The second-order valence-corrected chi connectivity index (χ2v) is 5.63. The predicted octanol–water partition coefficient (Wildman–Crippen LogP) is 3.99. The number of nitrogens with zero attached hydrogens (tertiary/aromatic N) is 2. The van der Waals surface area contributed by atoms with Crippen LogP contribution < -0.4 is 10.1 Å². The van der Waals surface area contributed by atoms with Crippen LogP contribution in [0.3, 0.4) is 0 Å². The van der Waals surface area contributed by atoms with Crippen LogP contribution in [0.2, 0.25) is 0 Å². The summed E-state index contributed by atoms with van der Waals surface area (Å²) in [6, 6.07) is 13.7. The highest BCUT2D eigenvalue weighted by Gasteiger charge is 2.11. The molecule has 130 valence electrons. The van der Waals surface area contributed by atoms with Gasteiger partial charge in [0.15, 0.2) is 0 Å². The van der Waals surface area contributed by atoms with Crippen molar-refractivity contribution in [2.24, 2.45) is 0 Å². The molecule has 25 heavy (non-hydrogen) atoms. The molecule has 0 aliphatic carbocycles. The van der Waals surface area contributed by atoms with Crippen LogP contribution in [0, 0.1) is 5.82 Å². The molecule has 3 rings (SSSR count). The Hall–Kier alpha value is -2.89. The Balaban J connectivity index is 1.53. The number of hydrogen-bond donors (Lipinski definition) is 1. The largest absolute Gasteiger partial charge is 0.493 e. The van der Waals surface area contributed by atoms with Crippen molar-refractivity contribution in [1.82, 2.24) is 9.55 Å². The van der Waals surface area contributed by atoms with E-state index in [1.54, 1.807) is 12.1 Å². The van der Waals surface area contributed by atoms with Crippen molar-refractivity contribution in [2.75, 3.05) is 11.9 Å². The number of rotatable bonds is 7. The molecule has 2 aromatic carbocycles. The number of halogens is 1. The molecule has 0 spiro atoms. The third-order valence-corrected chi connectivity index (χ3v) is 3.83. The number of imidazole rings is 1. The highest BCUT2D eigenvalue weighted by Crippen LogP contribution is 2.19. The first-order valence-corrected chi connectivity index (χ1v) is 8.31. The average molecular weight is 341 g/mol. The zero-order valence-electron chi connectivity index (χ0n) is 14.0. The summed E-state index contributed by atoms with van der Waals surface area (Å²) in [6.07, 6.45) is 0.844. The van der Waals surface area contributed by atoms with Crippen LogP contribution in [0.25, 0.3) is 11.0 Å². The van der Waals surface area contributed by atoms with Crippen molar-refractivity contribution in [1.29, 1.82) is 0 Å². The molecule has 5 nitrogen and oxygen atoms in total. The Labute approximate surface area is 145 Å². The molecule has 0 aliphatic heterocycles. The van der Waals surface area contributed by atoms with Gasteiger partial charge in [-0.3, -0.25) is 10.1 Å². The summed E-state index contributed by atoms with van der Waals surface area (Å²) >= 11 is 0. The van der Waals surface area contributed by atoms with Gasteiger partial charge in [0.25, 0.3) is 0 Å². The lowest BCUT2D eigenvalue weighted by Crippen LogP contribution is -2.16. The summed E-state index contributed by atoms with van der Waals surface area (Å²) < 4.78 is 20.5. The number of hydrogen-bond acceptors (Lipinski definition) is 3. The highest BCUT2D eigenvalue weighted by molar-refractivity contribution is 5.91. The van der Waals surface area contributed by atoms with Crippen LogP contribution in [0.15, 0.2) is 48.5 Å². The standard InChI is InChI=1S/C19H20FN3O2/c1-2-23-17-10-4-3-9-16(17)21-19(23)22-18(24)11-6-12-25-15-8-5-7-14(20)13-15/h3-5,7-10,13H,2,6,11-12H2,1H3,(H,21,22,24). The normalized spacial score (nSPS) is 10.8. The molecule has 1 heterocycles. The van der Waals surface area contributed by atoms with E-state index >= 15 is 0 Å². The summed E-state index contributed by atoms with van der Waals surface area (Å²) in [5.41, 5.74) is 1.85. The van der Waals surface area contributed by atoms with Crippen LogP contribution >= 0.6 is 0 Å². The first kappa shape index (κ1) is 17.0. The Morgan fingerprint density at radius 3 is 2.88 bits per heavy atom. The SMILES string of the molecule is CCn1c(NC(=O)CCCOc2cccc(F)c2)nc2ccccc21. The van der Waals surface area contributed by atoms with Gasteiger partial charge in [0, 0.05) is 19.0 Å². The fourth-order valence-corrected chi connectivity index (χ4v) is 2.66. The Bertz CT molecular complexity index is 876. The van der Waals surface area contributed by atoms with E-state index in [1.807, 2.05) is 35.8 Å². The third-order valence-electron chi connectivity index (χ3n) is 3.83. The number of aromatic nitrogens is 2. The van der Waals surface area contributed by atoms with Gasteiger partial charge in [0.05, 0.1) is 17.6 Å². The molecule has 0 atom stereocenters. The van der Waals surface area contributed by atoms with Gasteiger partial charge >= 0.3 is 0 Å². The number of carbonyl (C=O) groups excluding carboxylic acids is 1. The number of aryl methyl sites for hydroxylation is 1. The van der Waals surface area contributed by atoms with Crippen LogP contribution in [0.4, 0.5) is 10.3 Å². The molecule has 0 fully saturated rings. The molecular weight excluding hydrogens is 321 g/mol. The molecule has 0 saturated carbocycles. The van der Waals surface area contributed by atoms with Crippen molar-refractivity contribution in [3.63, 3.8) is 0 Å². The van der Waals surface area contributed by atoms with Crippen molar-refractivity contribution in [3.8, 4) is 5.75 Å². The van der Waals surface area contributed by atoms with E-state index in [2.05, 4.69) is 10.3 Å².